The molecule has 2 aliphatic heterocycles. The Morgan fingerprint density at radius 1 is 1.13 bits per heavy atom. The Morgan fingerprint density at radius 2 is 1.87 bits per heavy atom. The summed E-state index contributed by atoms with van der Waals surface area (Å²) in [7, 11) is 5.57. The van der Waals surface area contributed by atoms with Crippen molar-refractivity contribution in [1.82, 2.24) is 34.2 Å². The summed E-state index contributed by atoms with van der Waals surface area (Å²) in [6.45, 7) is 14.8. The van der Waals surface area contributed by atoms with Crippen LogP contribution in [0.5, 0.6) is 5.88 Å². The van der Waals surface area contributed by atoms with Crippen molar-refractivity contribution in [3.8, 4) is 17.0 Å². The second-order valence-corrected chi connectivity index (χ2v) is 15.0. The molecule has 0 radical (unpaired) electrons. The van der Waals surface area contributed by atoms with Crippen LogP contribution in [-0.2, 0) is 34.7 Å². The molecule has 4 aromatic rings. The van der Waals surface area contributed by atoms with Gasteiger partial charge in [0.15, 0.2) is 6.23 Å². The van der Waals surface area contributed by atoms with Gasteiger partial charge in [0.1, 0.15) is 9.80 Å². The molecule has 5 heterocycles. The van der Waals surface area contributed by atoms with Crippen molar-refractivity contribution in [2.75, 3.05) is 20.2 Å². The molecule has 2 atom stereocenters. The van der Waals surface area contributed by atoms with Crippen LogP contribution < -0.4 is 4.74 Å². The third-order valence-corrected chi connectivity index (χ3v) is 10.6. The molecule has 2 saturated heterocycles. The first-order chi connectivity index (χ1) is 22.2. The predicted molar refractivity (Wildman–Crippen MR) is 193 cm³/mol. The molecule has 0 saturated carbocycles. The standard InChI is InChI=1S/C34H47BIN7O4/c1-22(20-40(7)21-27-23(2)41(8)39-31(27)36)45-32-26(19-37-42(32)9)24-13-14-29-25(18-24)28(38-43(29)30-12-10-11-17-44-30)15-16-35-46-33(3,4)34(5,6)47-35/h13-16,18-19,22,30H,10-12,17,20-21H2,1-9H3/b16-15+/t22-,30?/m0/s1. The molecule has 1 aromatic carbocycles. The van der Waals surface area contributed by atoms with Crippen LogP contribution >= 0.6 is 22.6 Å². The third-order valence-electron chi connectivity index (χ3n) is 9.76. The molecule has 0 spiro atoms. The van der Waals surface area contributed by atoms with Gasteiger partial charge in [-0.3, -0.25) is 9.58 Å². The van der Waals surface area contributed by atoms with E-state index < -0.39 is 18.3 Å². The lowest BCUT2D eigenvalue weighted by atomic mass is 9.89. The Bertz CT molecular complexity index is 1760. The van der Waals surface area contributed by atoms with Gasteiger partial charge in [0.2, 0.25) is 5.88 Å². The lowest BCUT2D eigenvalue weighted by Gasteiger charge is -2.32. The van der Waals surface area contributed by atoms with Crippen LogP contribution in [0.2, 0.25) is 0 Å². The number of nitrogens with zero attached hydrogens (tertiary/aromatic N) is 7. The molecule has 2 fully saturated rings. The highest BCUT2D eigenvalue weighted by molar-refractivity contribution is 14.1. The van der Waals surface area contributed by atoms with Gasteiger partial charge in [-0.1, -0.05) is 12.0 Å². The van der Waals surface area contributed by atoms with Gasteiger partial charge in [-0.25, -0.2) is 9.36 Å². The quantitative estimate of drug-likeness (QED) is 0.137. The van der Waals surface area contributed by atoms with Gasteiger partial charge in [-0.2, -0.15) is 15.3 Å². The van der Waals surface area contributed by atoms with Gasteiger partial charge >= 0.3 is 7.12 Å². The molecule has 13 heteroatoms. The van der Waals surface area contributed by atoms with Gasteiger partial charge in [0, 0.05) is 50.4 Å². The molecule has 0 N–H and O–H groups in total. The van der Waals surface area contributed by atoms with Crippen LogP contribution in [0.15, 0.2) is 30.4 Å². The lowest BCUT2D eigenvalue weighted by molar-refractivity contribution is -0.0367. The summed E-state index contributed by atoms with van der Waals surface area (Å²) in [6, 6.07) is 6.44. The van der Waals surface area contributed by atoms with Crippen LogP contribution in [0.4, 0.5) is 0 Å². The third kappa shape index (κ3) is 6.92. The fourth-order valence-corrected chi connectivity index (χ4v) is 7.17. The minimum atomic E-state index is -0.460. The maximum atomic E-state index is 6.59. The number of benzene rings is 1. The second-order valence-electron chi connectivity index (χ2n) is 14.0. The van der Waals surface area contributed by atoms with E-state index in [0.29, 0.717) is 0 Å². The van der Waals surface area contributed by atoms with Crippen molar-refractivity contribution in [2.24, 2.45) is 14.1 Å². The van der Waals surface area contributed by atoms with Gasteiger partial charge < -0.3 is 18.8 Å². The first-order valence-corrected chi connectivity index (χ1v) is 17.5. The van der Waals surface area contributed by atoms with E-state index in [-0.39, 0.29) is 12.3 Å². The van der Waals surface area contributed by atoms with Crippen molar-refractivity contribution in [3.63, 3.8) is 0 Å². The first-order valence-electron chi connectivity index (χ1n) is 16.5. The molecule has 252 valence electrons. The Labute approximate surface area is 291 Å². The van der Waals surface area contributed by atoms with Crippen LogP contribution in [0.3, 0.4) is 0 Å². The average molecular weight is 756 g/mol. The fraction of sp³-hybridized carbons (Fsp3) is 0.559. The number of aryl methyl sites for hydroxylation is 2. The van der Waals surface area contributed by atoms with Crippen LogP contribution in [0.1, 0.15) is 77.1 Å². The van der Waals surface area contributed by atoms with Gasteiger partial charge in [0.25, 0.3) is 0 Å². The van der Waals surface area contributed by atoms with E-state index in [0.717, 1.165) is 76.3 Å². The minimum absolute atomic E-state index is 0.0721. The lowest BCUT2D eigenvalue weighted by Crippen LogP contribution is -2.41. The second kappa shape index (κ2) is 13.3. The van der Waals surface area contributed by atoms with E-state index in [1.54, 1.807) is 0 Å². The summed E-state index contributed by atoms with van der Waals surface area (Å²) in [5, 5.41) is 15.2. The summed E-state index contributed by atoms with van der Waals surface area (Å²) in [5.74, 6) is 2.69. The summed E-state index contributed by atoms with van der Waals surface area (Å²) < 4.78 is 32.1. The Kier molecular flexibility index (Phi) is 9.67. The highest BCUT2D eigenvalue weighted by atomic mass is 127. The summed E-state index contributed by atoms with van der Waals surface area (Å²) >= 11 is 2.32. The van der Waals surface area contributed by atoms with E-state index in [1.165, 1.54) is 11.3 Å². The van der Waals surface area contributed by atoms with Crippen molar-refractivity contribution in [2.45, 2.75) is 90.9 Å². The monoisotopic (exact) mass is 755 g/mol. The maximum Gasteiger partial charge on any atom is 0.487 e. The number of hydrogen-bond acceptors (Lipinski definition) is 8. The van der Waals surface area contributed by atoms with Crippen molar-refractivity contribution >= 4 is 46.7 Å². The zero-order valence-corrected chi connectivity index (χ0v) is 31.2. The normalized spacial score (nSPS) is 20.2. The van der Waals surface area contributed by atoms with Gasteiger partial charge in [-0.05, 0) is 114 Å². The van der Waals surface area contributed by atoms with E-state index in [2.05, 4.69) is 104 Å². The maximum absolute atomic E-state index is 6.59. The number of fused-ring (bicyclic) bond motifs is 1. The molecule has 11 nitrogen and oxygen atoms in total. The zero-order chi connectivity index (χ0) is 33.7. The van der Waals surface area contributed by atoms with Gasteiger partial charge in [-0.15, -0.1) is 0 Å². The Hall–Kier alpha value is -2.72. The number of hydrogen-bond donors (Lipinski definition) is 0. The highest BCUT2D eigenvalue weighted by Crippen LogP contribution is 2.38. The summed E-state index contributed by atoms with van der Waals surface area (Å²) in [6.07, 6.45) is 6.86. The molecule has 6 rings (SSSR count). The topological polar surface area (TPSA) is 93.6 Å². The van der Waals surface area contributed by atoms with Gasteiger partial charge in [0.05, 0.1) is 34.2 Å². The molecular formula is C34H47BIN7O4. The van der Waals surface area contributed by atoms with Crippen LogP contribution in [0.25, 0.3) is 28.1 Å². The zero-order valence-electron chi connectivity index (χ0n) is 29.1. The number of aromatic nitrogens is 6. The van der Waals surface area contributed by atoms with Crippen molar-refractivity contribution in [1.29, 1.82) is 0 Å². The number of ether oxygens (including phenoxy) is 2. The number of rotatable bonds is 10. The van der Waals surface area contributed by atoms with E-state index >= 15 is 0 Å². The molecule has 0 bridgehead atoms. The molecule has 47 heavy (non-hydrogen) atoms. The first kappa shape index (κ1) is 34.2. The van der Waals surface area contributed by atoms with E-state index in [9.17, 15) is 0 Å². The fourth-order valence-electron chi connectivity index (χ4n) is 6.29. The van der Waals surface area contributed by atoms with Crippen LogP contribution in [-0.4, -0.2) is 78.9 Å². The van der Waals surface area contributed by atoms with E-state index in [4.69, 9.17) is 23.9 Å². The van der Waals surface area contributed by atoms with Crippen molar-refractivity contribution in [3.05, 3.63) is 51.0 Å². The predicted octanol–water partition coefficient (Wildman–Crippen LogP) is 6.33. The Morgan fingerprint density at radius 3 is 2.53 bits per heavy atom. The SMILES string of the molecule is Cc1c(CN(C)C[C@H](C)Oc2c(-c3ccc4c(c3)c(/C=C/B3OC(C)(C)C(C)(C)O3)nn4C3CCCCO3)cnn2C)c(I)nn1C. The average Bonchev–Trinajstić information content (AvgIpc) is 3.69. The summed E-state index contributed by atoms with van der Waals surface area (Å²) in [4.78, 5) is 2.28. The van der Waals surface area contributed by atoms with Crippen molar-refractivity contribution < 1.29 is 18.8 Å². The van der Waals surface area contributed by atoms with E-state index in [1.807, 2.05) is 46.4 Å². The molecule has 0 amide bonds. The minimum Gasteiger partial charge on any atom is -0.473 e. The smallest absolute Gasteiger partial charge is 0.473 e. The van der Waals surface area contributed by atoms with Crippen LogP contribution in [0, 0.1) is 10.6 Å². The number of likely N-dealkylation sites (N-methyl/N-ethyl adjacent to an activating group) is 1. The molecule has 3 aromatic heterocycles. The molecular weight excluding hydrogens is 708 g/mol. The Balaban J connectivity index is 1.27. The largest absolute Gasteiger partial charge is 0.487 e. The molecule has 1 unspecified atom stereocenters. The highest BCUT2D eigenvalue weighted by Gasteiger charge is 2.50. The molecule has 0 aliphatic carbocycles. The number of halogens is 1. The molecule has 2 aliphatic rings. The summed E-state index contributed by atoms with van der Waals surface area (Å²) in [5.41, 5.74) is 5.42.